The molecule has 0 radical (unpaired) electrons. The molecule has 3 N–H and O–H groups in total. The lowest BCUT2D eigenvalue weighted by atomic mass is 10.2. The third-order valence-corrected chi connectivity index (χ3v) is 3.90. The van der Waals surface area contributed by atoms with Crippen LogP contribution in [0.1, 0.15) is 5.56 Å². The Balaban J connectivity index is 1.72. The van der Waals surface area contributed by atoms with Gasteiger partial charge in [-0.05, 0) is 36.8 Å². The standard InChI is InChI=1S/C14H20ClN3OS/c1-11-2-3-13(12(15)10-11)17-14(20)16-4-5-18-6-8-19-9-7-18/h2-3,10H,4-9H2,1H3,(H2,16,17,20)/p+1. The summed E-state index contributed by atoms with van der Waals surface area (Å²) in [7, 11) is 0. The zero-order valence-corrected chi connectivity index (χ0v) is 13.2. The fourth-order valence-electron chi connectivity index (χ4n) is 2.15. The largest absolute Gasteiger partial charge is 0.370 e. The monoisotopic (exact) mass is 314 g/mol. The first-order valence-electron chi connectivity index (χ1n) is 6.87. The van der Waals surface area contributed by atoms with Crippen molar-refractivity contribution in [3.8, 4) is 0 Å². The molecule has 1 aromatic carbocycles. The van der Waals surface area contributed by atoms with E-state index >= 15 is 0 Å². The molecule has 1 aromatic rings. The molecule has 0 amide bonds. The minimum atomic E-state index is 0.614. The summed E-state index contributed by atoms with van der Waals surface area (Å²) >= 11 is 11.4. The molecule has 1 saturated heterocycles. The minimum Gasteiger partial charge on any atom is -0.370 e. The second-order valence-corrected chi connectivity index (χ2v) is 5.79. The smallest absolute Gasteiger partial charge is 0.171 e. The molecule has 20 heavy (non-hydrogen) atoms. The summed E-state index contributed by atoms with van der Waals surface area (Å²) < 4.78 is 5.33. The Bertz CT molecular complexity index is 464. The van der Waals surface area contributed by atoms with Crippen molar-refractivity contribution in [3.05, 3.63) is 28.8 Å². The SMILES string of the molecule is Cc1ccc(NC(=S)NCC[NH+]2CCOCC2)c(Cl)c1. The van der Waals surface area contributed by atoms with E-state index in [4.69, 9.17) is 28.6 Å². The highest BCUT2D eigenvalue weighted by Crippen LogP contribution is 2.22. The summed E-state index contributed by atoms with van der Waals surface area (Å²) in [5, 5.41) is 7.65. The highest BCUT2D eigenvalue weighted by Gasteiger charge is 2.13. The van der Waals surface area contributed by atoms with Crippen LogP contribution in [0.15, 0.2) is 18.2 Å². The predicted molar refractivity (Wildman–Crippen MR) is 86.8 cm³/mol. The summed E-state index contributed by atoms with van der Waals surface area (Å²) in [6.07, 6.45) is 0. The van der Waals surface area contributed by atoms with Gasteiger partial charge in [-0.1, -0.05) is 17.7 Å². The Morgan fingerprint density at radius 3 is 2.85 bits per heavy atom. The lowest BCUT2D eigenvalue weighted by Gasteiger charge is -2.24. The third kappa shape index (κ3) is 4.90. The number of rotatable bonds is 4. The van der Waals surface area contributed by atoms with E-state index in [1.807, 2.05) is 25.1 Å². The molecule has 0 atom stereocenters. The Labute approximate surface area is 130 Å². The molecule has 0 saturated carbocycles. The summed E-state index contributed by atoms with van der Waals surface area (Å²) in [6, 6.07) is 5.87. The normalized spacial score (nSPS) is 15.9. The molecule has 0 aliphatic carbocycles. The number of morpholine rings is 1. The first kappa shape index (κ1) is 15.5. The van der Waals surface area contributed by atoms with E-state index < -0.39 is 0 Å². The van der Waals surface area contributed by atoms with Crippen LogP contribution in [-0.2, 0) is 4.74 Å². The highest BCUT2D eigenvalue weighted by atomic mass is 35.5. The van der Waals surface area contributed by atoms with Crippen LogP contribution in [-0.4, -0.2) is 44.5 Å². The topological polar surface area (TPSA) is 37.7 Å². The lowest BCUT2D eigenvalue weighted by molar-refractivity contribution is -0.906. The Kier molecular flexibility index (Phi) is 6.04. The zero-order chi connectivity index (χ0) is 14.4. The van der Waals surface area contributed by atoms with Gasteiger partial charge in [-0.2, -0.15) is 0 Å². The molecule has 1 aliphatic heterocycles. The van der Waals surface area contributed by atoms with Gasteiger partial charge in [0.2, 0.25) is 0 Å². The van der Waals surface area contributed by atoms with Crippen LogP contribution in [0.5, 0.6) is 0 Å². The number of thiocarbonyl (C=S) groups is 1. The molecule has 4 nitrogen and oxygen atoms in total. The Morgan fingerprint density at radius 1 is 1.40 bits per heavy atom. The van der Waals surface area contributed by atoms with Gasteiger partial charge >= 0.3 is 0 Å². The molecule has 2 rings (SSSR count). The summed E-state index contributed by atoms with van der Waals surface area (Å²) in [6.45, 7) is 7.78. The molecule has 0 bridgehead atoms. The fourth-order valence-corrected chi connectivity index (χ4v) is 2.65. The van der Waals surface area contributed by atoms with Gasteiger partial charge in [0.25, 0.3) is 0 Å². The lowest BCUT2D eigenvalue weighted by Crippen LogP contribution is -3.14. The summed E-state index contributed by atoms with van der Waals surface area (Å²) in [5.74, 6) is 0. The quantitative estimate of drug-likeness (QED) is 0.721. The second-order valence-electron chi connectivity index (χ2n) is 4.98. The Hall–Kier alpha value is -0.880. The van der Waals surface area contributed by atoms with Gasteiger partial charge in [0.1, 0.15) is 13.1 Å². The molecule has 1 fully saturated rings. The van der Waals surface area contributed by atoms with Crippen molar-refractivity contribution in [2.45, 2.75) is 6.92 Å². The van der Waals surface area contributed by atoms with Crippen LogP contribution in [0, 0.1) is 6.92 Å². The number of quaternary nitrogens is 1. The molecule has 0 aromatic heterocycles. The number of anilines is 1. The van der Waals surface area contributed by atoms with Crippen molar-refractivity contribution in [2.75, 3.05) is 44.7 Å². The fraction of sp³-hybridized carbons (Fsp3) is 0.500. The van der Waals surface area contributed by atoms with Crippen LogP contribution in [0.4, 0.5) is 5.69 Å². The number of aryl methyl sites for hydroxylation is 1. The van der Waals surface area contributed by atoms with E-state index in [9.17, 15) is 0 Å². The number of benzene rings is 1. The highest BCUT2D eigenvalue weighted by molar-refractivity contribution is 7.80. The van der Waals surface area contributed by atoms with Crippen molar-refractivity contribution in [2.24, 2.45) is 0 Å². The average molecular weight is 315 g/mol. The summed E-state index contributed by atoms with van der Waals surface area (Å²) in [5.41, 5.74) is 1.98. The van der Waals surface area contributed by atoms with E-state index in [2.05, 4.69) is 10.6 Å². The van der Waals surface area contributed by atoms with Crippen molar-refractivity contribution in [3.63, 3.8) is 0 Å². The van der Waals surface area contributed by atoms with Crippen LogP contribution in [0.3, 0.4) is 0 Å². The second kappa shape index (κ2) is 7.78. The van der Waals surface area contributed by atoms with Crippen LogP contribution in [0.25, 0.3) is 0 Å². The zero-order valence-electron chi connectivity index (χ0n) is 11.7. The van der Waals surface area contributed by atoms with E-state index in [-0.39, 0.29) is 0 Å². The van der Waals surface area contributed by atoms with E-state index in [0.717, 1.165) is 50.6 Å². The van der Waals surface area contributed by atoms with E-state index in [0.29, 0.717) is 10.1 Å². The van der Waals surface area contributed by atoms with Gasteiger partial charge in [-0.15, -0.1) is 0 Å². The molecular formula is C14H21ClN3OS+. The van der Waals surface area contributed by atoms with Gasteiger partial charge in [-0.3, -0.25) is 0 Å². The molecule has 1 heterocycles. The van der Waals surface area contributed by atoms with Crippen LogP contribution < -0.4 is 15.5 Å². The number of halogens is 1. The van der Waals surface area contributed by atoms with Gasteiger partial charge in [0.15, 0.2) is 5.11 Å². The molecule has 0 unspecified atom stereocenters. The number of hydrogen-bond donors (Lipinski definition) is 3. The maximum atomic E-state index is 6.16. The van der Waals surface area contributed by atoms with Gasteiger partial charge in [0, 0.05) is 0 Å². The molecule has 0 spiro atoms. The average Bonchev–Trinajstić information content (AvgIpc) is 2.43. The molecule has 1 aliphatic rings. The van der Waals surface area contributed by atoms with Gasteiger partial charge in [0.05, 0.1) is 37.0 Å². The van der Waals surface area contributed by atoms with E-state index in [1.165, 1.54) is 0 Å². The predicted octanol–water partition coefficient (Wildman–Crippen LogP) is 0.850. The van der Waals surface area contributed by atoms with Gasteiger partial charge in [-0.25, -0.2) is 0 Å². The minimum absolute atomic E-state index is 0.614. The van der Waals surface area contributed by atoms with E-state index in [1.54, 1.807) is 4.90 Å². The third-order valence-electron chi connectivity index (χ3n) is 3.34. The maximum absolute atomic E-state index is 6.16. The van der Waals surface area contributed by atoms with Crippen molar-refractivity contribution in [1.82, 2.24) is 5.32 Å². The van der Waals surface area contributed by atoms with Crippen molar-refractivity contribution < 1.29 is 9.64 Å². The number of ether oxygens (including phenoxy) is 1. The number of hydrogen-bond acceptors (Lipinski definition) is 2. The van der Waals surface area contributed by atoms with Gasteiger partial charge < -0.3 is 20.3 Å². The van der Waals surface area contributed by atoms with Crippen molar-refractivity contribution in [1.29, 1.82) is 0 Å². The maximum Gasteiger partial charge on any atom is 0.171 e. The molecular weight excluding hydrogens is 294 g/mol. The summed E-state index contributed by atoms with van der Waals surface area (Å²) in [4.78, 5) is 1.56. The van der Waals surface area contributed by atoms with Crippen molar-refractivity contribution >= 4 is 34.6 Å². The Morgan fingerprint density at radius 2 is 2.15 bits per heavy atom. The molecule has 110 valence electrons. The number of nitrogens with one attached hydrogen (secondary N) is 3. The van der Waals surface area contributed by atoms with Crippen LogP contribution in [0.2, 0.25) is 5.02 Å². The van der Waals surface area contributed by atoms with Crippen LogP contribution >= 0.6 is 23.8 Å². The first-order chi connectivity index (χ1) is 9.65. The first-order valence-corrected chi connectivity index (χ1v) is 7.66. The molecule has 6 heteroatoms.